The molecule has 2 aromatic rings. The quantitative estimate of drug-likeness (QED) is 0.934. The molecule has 0 unspecified atom stereocenters. The minimum Gasteiger partial charge on any atom is -0.376 e. The Morgan fingerprint density at radius 3 is 3.04 bits per heavy atom. The predicted octanol–water partition coefficient (Wildman–Crippen LogP) is 1.79. The molecule has 1 saturated heterocycles. The van der Waals surface area contributed by atoms with Crippen LogP contribution in [-0.2, 0) is 16.0 Å². The third kappa shape index (κ3) is 3.97. The first kappa shape index (κ1) is 15.7. The van der Waals surface area contributed by atoms with Crippen molar-refractivity contribution in [3.8, 4) is 0 Å². The van der Waals surface area contributed by atoms with Gasteiger partial charge in [0.05, 0.1) is 38.0 Å². The summed E-state index contributed by atoms with van der Waals surface area (Å²) in [7, 11) is 1.76. The number of aromatic nitrogens is 1. The van der Waals surface area contributed by atoms with Crippen molar-refractivity contribution in [3.05, 3.63) is 42.1 Å². The first-order valence-electron chi connectivity index (χ1n) is 7.75. The highest BCUT2D eigenvalue weighted by Crippen LogP contribution is 2.15. The van der Waals surface area contributed by atoms with E-state index < -0.39 is 0 Å². The van der Waals surface area contributed by atoms with Crippen molar-refractivity contribution in [1.29, 1.82) is 0 Å². The summed E-state index contributed by atoms with van der Waals surface area (Å²) >= 11 is 0. The molecule has 0 aliphatic carbocycles. The van der Waals surface area contributed by atoms with Gasteiger partial charge in [-0.25, -0.2) is 4.79 Å². The van der Waals surface area contributed by atoms with Gasteiger partial charge in [-0.1, -0.05) is 18.2 Å². The van der Waals surface area contributed by atoms with Gasteiger partial charge in [0.1, 0.15) is 0 Å². The second-order valence-electron chi connectivity index (χ2n) is 5.59. The second-order valence-corrected chi connectivity index (χ2v) is 5.59. The molecule has 1 N–H and O–H groups in total. The van der Waals surface area contributed by atoms with Crippen molar-refractivity contribution >= 4 is 16.9 Å². The molecular weight excluding hydrogens is 294 g/mol. The third-order valence-corrected chi connectivity index (χ3v) is 3.88. The number of hydrogen-bond acceptors (Lipinski definition) is 4. The fourth-order valence-corrected chi connectivity index (χ4v) is 2.65. The number of carbonyl (C=O) groups is 1. The number of nitrogens with one attached hydrogen (secondary N) is 1. The number of benzene rings is 1. The number of ether oxygens (including phenoxy) is 2. The molecule has 1 aromatic carbocycles. The summed E-state index contributed by atoms with van der Waals surface area (Å²) in [6, 6.07) is 9.72. The Kier molecular flexibility index (Phi) is 5.05. The standard InChI is InChI=1S/C17H21N3O3/c1-20(11-14-12-22-8-9-23-14)17(21)19-10-13-6-7-18-16-5-3-2-4-15(13)16/h2-7,14H,8-12H2,1H3,(H,19,21)/t14-/m1/s1. The van der Waals surface area contributed by atoms with Crippen LogP contribution >= 0.6 is 0 Å². The molecule has 0 bridgehead atoms. The fraction of sp³-hybridized carbons (Fsp3) is 0.412. The lowest BCUT2D eigenvalue weighted by Crippen LogP contribution is -2.44. The maximum absolute atomic E-state index is 12.2. The SMILES string of the molecule is CN(C[C@@H]1COCCO1)C(=O)NCc1ccnc2ccccc12. The summed E-state index contributed by atoms with van der Waals surface area (Å²) in [6.07, 6.45) is 1.71. The van der Waals surface area contributed by atoms with Crippen LogP contribution in [0.3, 0.4) is 0 Å². The molecular formula is C17H21N3O3. The molecule has 6 heteroatoms. The van der Waals surface area contributed by atoms with Gasteiger partial charge < -0.3 is 19.7 Å². The molecule has 6 nitrogen and oxygen atoms in total. The summed E-state index contributed by atoms with van der Waals surface area (Å²) < 4.78 is 10.9. The van der Waals surface area contributed by atoms with E-state index >= 15 is 0 Å². The van der Waals surface area contributed by atoms with Gasteiger partial charge in [-0.15, -0.1) is 0 Å². The lowest BCUT2D eigenvalue weighted by atomic mass is 10.1. The molecule has 0 spiro atoms. The van der Waals surface area contributed by atoms with Crippen molar-refractivity contribution in [3.63, 3.8) is 0 Å². The molecule has 1 aromatic heterocycles. The summed E-state index contributed by atoms with van der Waals surface area (Å²) in [4.78, 5) is 18.2. The maximum atomic E-state index is 12.2. The van der Waals surface area contributed by atoms with Gasteiger partial charge in [0.2, 0.25) is 0 Å². The lowest BCUT2D eigenvalue weighted by Gasteiger charge is -2.27. The number of rotatable bonds is 4. The summed E-state index contributed by atoms with van der Waals surface area (Å²) in [6.45, 7) is 2.73. The van der Waals surface area contributed by atoms with E-state index in [1.165, 1.54) is 0 Å². The van der Waals surface area contributed by atoms with Gasteiger partial charge >= 0.3 is 6.03 Å². The topological polar surface area (TPSA) is 63.7 Å². The molecule has 0 radical (unpaired) electrons. The molecule has 122 valence electrons. The Morgan fingerprint density at radius 2 is 2.22 bits per heavy atom. The Bertz CT molecular complexity index is 666. The van der Waals surface area contributed by atoms with E-state index in [-0.39, 0.29) is 12.1 Å². The largest absolute Gasteiger partial charge is 0.376 e. The van der Waals surface area contributed by atoms with E-state index in [9.17, 15) is 4.79 Å². The van der Waals surface area contributed by atoms with Crippen LogP contribution in [0.4, 0.5) is 4.79 Å². The van der Waals surface area contributed by atoms with Crippen LogP contribution in [0.5, 0.6) is 0 Å². The normalized spacial score (nSPS) is 17.9. The number of carbonyl (C=O) groups excluding carboxylic acids is 1. The molecule has 1 atom stereocenters. The zero-order valence-electron chi connectivity index (χ0n) is 13.2. The highest BCUT2D eigenvalue weighted by atomic mass is 16.6. The Hall–Kier alpha value is -2.18. The number of amides is 2. The van der Waals surface area contributed by atoms with Crippen LogP contribution in [-0.4, -0.2) is 55.4 Å². The average molecular weight is 315 g/mol. The van der Waals surface area contributed by atoms with Crippen LogP contribution in [0.15, 0.2) is 36.5 Å². The van der Waals surface area contributed by atoms with Crippen molar-refractivity contribution in [2.45, 2.75) is 12.6 Å². The van der Waals surface area contributed by atoms with Crippen molar-refractivity contribution < 1.29 is 14.3 Å². The molecule has 0 saturated carbocycles. The minimum atomic E-state index is -0.125. The summed E-state index contributed by atoms with van der Waals surface area (Å²) in [5.41, 5.74) is 1.98. The highest BCUT2D eigenvalue weighted by molar-refractivity contribution is 5.82. The third-order valence-electron chi connectivity index (χ3n) is 3.88. The Labute approximate surface area is 135 Å². The van der Waals surface area contributed by atoms with Crippen LogP contribution in [0.2, 0.25) is 0 Å². The number of likely N-dealkylation sites (N-methyl/N-ethyl adjacent to an activating group) is 1. The number of pyridine rings is 1. The zero-order chi connectivity index (χ0) is 16.1. The number of hydrogen-bond donors (Lipinski definition) is 1. The molecule has 1 aliphatic rings. The highest BCUT2D eigenvalue weighted by Gasteiger charge is 2.19. The van der Waals surface area contributed by atoms with E-state index in [0.29, 0.717) is 32.9 Å². The number of urea groups is 1. The van der Waals surface area contributed by atoms with E-state index in [1.54, 1.807) is 18.1 Å². The first-order valence-corrected chi connectivity index (χ1v) is 7.75. The summed E-state index contributed by atoms with van der Waals surface area (Å²) in [5, 5.41) is 4.00. The zero-order valence-corrected chi connectivity index (χ0v) is 13.2. The van der Waals surface area contributed by atoms with Crippen LogP contribution in [0, 0.1) is 0 Å². The van der Waals surface area contributed by atoms with Crippen molar-refractivity contribution in [2.24, 2.45) is 0 Å². The van der Waals surface area contributed by atoms with Crippen LogP contribution in [0.1, 0.15) is 5.56 Å². The summed E-state index contributed by atoms with van der Waals surface area (Å²) in [5.74, 6) is 0. The van der Waals surface area contributed by atoms with Gasteiger partial charge in [0, 0.05) is 25.2 Å². The smallest absolute Gasteiger partial charge is 0.317 e. The molecule has 1 fully saturated rings. The number of fused-ring (bicyclic) bond motifs is 1. The molecule has 23 heavy (non-hydrogen) atoms. The molecule has 2 heterocycles. The fourth-order valence-electron chi connectivity index (χ4n) is 2.65. The van der Waals surface area contributed by atoms with E-state index in [2.05, 4.69) is 10.3 Å². The minimum absolute atomic E-state index is 0.0544. The van der Waals surface area contributed by atoms with Gasteiger partial charge in [0.25, 0.3) is 0 Å². The predicted molar refractivity (Wildman–Crippen MR) is 87.2 cm³/mol. The Balaban J connectivity index is 1.57. The van der Waals surface area contributed by atoms with E-state index in [1.807, 2.05) is 30.3 Å². The van der Waals surface area contributed by atoms with Gasteiger partial charge in [-0.3, -0.25) is 4.98 Å². The molecule has 1 aliphatic heterocycles. The van der Waals surface area contributed by atoms with E-state index in [4.69, 9.17) is 9.47 Å². The molecule has 3 rings (SSSR count). The molecule has 2 amide bonds. The monoisotopic (exact) mass is 315 g/mol. The Morgan fingerprint density at radius 1 is 1.35 bits per heavy atom. The average Bonchev–Trinajstić information content (AvgIpc) is 2.60. The van der Waals surface area contributed by atoms with Crippen LogP contribution in [0.25, 0.3) is 10.9 Å². The second kappa shape index (κ2) is 7.39. The number of nitrogens with zero attached hydrogens (tertiary/aromatic N) is 2. The lowest BCUT2D eigenvalue weighted by molar-refractivity contribution is -0.0928. The van der Waals surface area contributed by atoms with Gasteiger partial charge in [-0.2, -0.15) is 0 Å². The van der Waals surface area contributed by atoms with Crippen molar-refractivity contribution in [1.82, 2.24) is 15.2 Å². The van der Waals surface area contributed by atoms with Crippen LogP contribution < -0.4 is 5.32 Å². The van der Waals surface area contributed by atoms with Crippen molar-refractivity contribution in [2.75, 3.05) is 33.4 Å². The van der Waals surface area contributed by atoms with Gasteiger partial charge in [-0.05, 0) is 17.7 Å². The van der Waals surface area contributed by atoms with Gasteiger partial charge in [0.15, 0.2) is 0 Å². The first-order chi connectivity index (χ1) is 11.2. The van der Waals surface area contributed by atoms with E-state index in [0.717, 1.165) is 16.5 Å². The maximum Gasteiger partial charge on any atom is 0.317 e. The number of para-hydroxylation sites is 1.